The summed E-state index contributed by atoms with van der Waals surface area (Å²) in [6.07, 6.45) is 2.02. The summed E-state index contributed by atoms with van der Waals surface area (Å²) in [5.74, 6) is 1.49. The van der Waals surface area contributed by atoms with E-state index in [1.807, 2.05) is 49.3 Å². The molecule has 6 nitrogen and oxygen atoms in total. The van der Waals surface area contributed by atoms with Gasteiger partial charge in [-0.05, 0) is 51.2 Å². The number of carbonyl (C=O) groups is 1. The van der Waals surface area contributed by atoms with Crippen LogP contribution in [0.25, 0.3) is 10.2 Å². The second-order valence-corrected chi connectivity index (χ2v) is 8.31. The molecule has 0 bridgehead atoms. The standard InChI is InChI=1S/C23H29N3O3S/c1-25(2)15-8-16-26(20(27)14-11-17-9-6-5-7-10-17)23-24-21-18(28-3)12-13-19(29-4)22(21)30-23/h5-7,9-10,12-13H,8,11,14-16H2,1-4H3. The number of ether oxygens (including phenoxy) is 2. The van der Waals surface area contributed by atoms with E-state index in [-0.39, 0.29) is 5.91 Å². The first-order chi connectivity index (χ1) is 14.5. The number of aromatic nitrogens is 1. The van der Waals surface area contributed by atoms with Crippen molar-refractivity contribution in [2.75, 3.05) is 46.3 Å². The van der Waals surface area contributed by atoms with Crippen LogP contribution in [-0.4, -0.2) is 57.2 Å². The Bertz CT molecular complexity index is 931. The highest BCUT2D eigenvalue weighted by atomic mass is 32.1. The van der Waals surface area contributed by atoms with Crippen LogP contribution in [0.5, 0.6) is 11.5 Å². The van der Waals surface area contributed by atoms with Crippen molar-refractivity contribution >= 4 is 32.6 Å². The lowest BCUT2D eigenvalue weighted by molar-refractivity contribution is -0.118. The van der Waals surface area contributed by atoms with Crippen LogP contribution in [0.4, 0.5) is 5.13 Å². The van der Waals surface area contributed by atoms with Crippen LogP contribution in [0.1, 0.15) is 18.4 Å². The molecule has 0 fully saturated rings. The molecule has 1 aromatic heterocycles. The van der Waals surface area contributed by atoms with Gasteiger partial charge in [-0.3, -0.25) is 9.69 Å². The molecule has 2 aromatic carbocycles. The summed E-state index contributed by atoms with van der Waals surface area (Å²) < 4.78 is 11.9. The predicted molar refractivity (Wildman–Crippen MR) is 123 cm³/mol. The third-order valence-corrected chi connectivity index (χ3v) is 5.98. The second kappa shape index (κ2) is 10.4. The lowest BCUT2D eigenvalue weighted by Crippen LogP contribution is -2.33. The lowest BCUT2D eigenvalue weighted by Gasteiger charge is -2.21. The molecule has 0 atom stereocenters. The Morgan fingerprint density at radius 2 is 1.70 bits per heavy atom. The smallest absolute Gasteiger partial charge is 0.229 e. The van der Waals surface area contributed by atoms with Gasteiger partial charge in [-0.1, -0.05) is 41.7 Å². The molecular formula is C23H29N3O3S. The van der Waals surface area contributed by atoms with E-state index in [2.05, 4.69) is 17.0 Å². The van der Waals surface area contributed by atoms with Crippen molar-refractivity contribution in [2.24, 2.45) is 0 Å². The molecule has 0 saturated carbocycles. The number of anilines is 1. The SMILES string of the molecule is COc1ccc(OC)c2sc(N(CCCN(C)C)C(=O)CCc3ccccc3)nc12. The van der Waals surface area contributed by atoms with Crippen molar-refractivity contribution in [1.29, 1.82) is 0 Å². The zero-order valence-corrected chi connectivity index (χ0v) is 18.9. The molecular weight excluding hydrogens is 398 g/mol. The number of thiazole rings is 1. The van der Waals surface area contributed by atoms with E-state index in [0.29, 0.717) is 30.3 Å². The number of carbonyl (C=O) groups excluding carboxylic acids is 1. The van der Waals surface area contributed by atoms with E-state index in [9.17, 15) is 4.79 Å². The van der Waals surface area contributed by atoms with Crippen LogP contribution >= 0.6 is 11.3 Å². The van der Waals surface area contributed by atoms with Crippen LogP contribution in [0.15, 0.2) is 42.5 Å². The van der Waals surface area contributed by atoms with Gasteiger partial charge in [0.2, 0.25) is 5.91 Å². The van der Waals surface area contributed by atoms with Crippen molar-refractivity contribution in [2.45, 2.75) is 19.3 Å². The van der Waals surface area contributed by atoms with Gasteiger partial charge in [0.1, 0.15) is 21.7 Å². The second-order valence-electron chi connectivity index (χ2n) is 7.33. The number of methoxy groups -OCH3 is 2. The molecule has 160 valence electrons. The zero-order chi connectivity index (χ0) is 21.5. The van der Waals surface area contributed by atoms with E-state index >= 15 is 0 Å². The predicted octanol–water partition coefficient (Wildman–Crippen LogP) is 4.23. The van der Waals surface area contributed by atoms with Gasteiger partial charge in [-0.15, -0.1) is 0 Å². The molecule has 0 unspecified atom stereocenters. The summed E-state index contributed by atoms with van der Waals surface area (Å²) in [5, 5.41) is 0.685. The lowest BCUT2D eigenvalue weighted by atomic mass is 10.1. The topological polar surface area (TPSA) is 54.9 Å². The molecule has 0 saturated heterocycles. The monoisotopic (exact) mass is 427 g/mol. The molecule has 30 heavy (non-hydrogen) atoms. The number of amides is 1. The summed E-state index contributed by atoms with van der Waals surface area (Å²) in [7, 11) is 7.34. The third-order valence-electron chi connectivity index (χ3n) is 4.89. The Morgan fingerprint density at radius 3 is 2.37 bits per heavy atom. The fourth-order valence-corrected chi connectivity index (χ4v) is 4.41. The van der Waals surface area contributed by atoms with Gasteiger partial charge in [-0.25, -0.2) is 4.98 Å². The van der Waals surface area contributed by atoms with Gasteiger partial charge in [0, 0.05) is 13.0 Å². The quantitative estimate of drug-likeness (QED) is 0.485. The fraction of sp³-hybridized carbons (Fsp3) is 0.391. The highest BCUT2D eigenvalue weighted by Crippen LogP contribution is 2.40. The van der Waals surface area contributed by atoms with Gasteiger partial charge < -0.3 is 14.4 Å². The van der Waals surface area contributed by atoms with E-state index in [4.69, 9.17) is 14.5 Å². The van der Waals surface area contributed by atoms with Crippen molar-refractivity contribution in [3.63, 3.8) is 0 Å². The Balaban J connectivity index is 1.88. The third kappa shape index (κ3) is 5.29. The molecule has 7 heteroatoms. The molecule has 0 aliphatic carbocycles. The Kier molecular flexibility index (Phi) is 7.65. The largest absolute Gasteiger partial charge is 0.495 e. The van der Waals surface area contributed by atoms with Gasteiger partial charge in [0.15, 0.2) is 5.13 Å². The van der Waals surface area contributed by atoms with Crippen LogP contribution in [0.3, 0.4) is 0 Å². The highest BCUT2D eigenvalue weighted by Gasteiger charge is 2.22. The van der Waals surface area contributed by atoms with Crippen LogP contribution in [-0.2, 0) is 11.2 Å². The van der Waals surface area contributed by atoms with Crippen molar-refractivity contribution in [3.05, 3.63) is 48.0 Å². The minimum Gasteiger partial charge on any atom is -0.495 e. The molecule has 0 spiro atoms. The van der Waals surface area contributed by atoms with E-state index in [1.54, 1.807) is 14.2 Å². The normalized spacial score (nSPS) is 11.1. The number of aryl methyl sites for hydroxylation is 1. The molecule has 1 heterocycles. The zero-order valence-electron chi connectivity index (χ0n) is 18.1. The summed E-state index contributed by atoms with van der Waals surface area (Å²) in [5.41, 5.74) is 1.89. The van der Waals surface area contributed by atoms with Crippen molar-refractivity contribution < 1.29 is 14.3 Å². The van der Waals surface area contributed by atoms with Crippen molar-refractivity contribution in [1.82, 2.24) is 9.88 Å². The number of rotatable bonds is 10. The van der Waals surface area contributed by atoms with Crippen molar-refractivity contribution in [3.8, 4) is 11.5 Å². The van der Waals surface area contributed by atoms with Gasteiger partial charge >= 0.3 is 0 Å². The first kappa shape index (κ1) is 22.1. The van der Waals surface area contributed by atoms with Gasteiger partial charge in [0.25, 0.3) is 0 Å². The average molecular weight is 428 g/mol. The number of hydrogen-bond donors (Lipinski definition) is 0. The minimum atomic E-state index is 0.0783. The summed E-state index contributed by atoms with van der Waals surface area (Å²) >= 11 is 1.47. The number of benzene rings is 2. The maximum Gasteiger partial charge on any atom is 0.229 e. The van der Waals surface area contributed by atoms with E-state index < -0.39 is 0 Å². The molecule has 0 radical (unpaired) electrons. The maximum absolute atomic E-state index is 13.2. The van der Waals surface area contributed by atoms with E-state index in [1.165, 1.54) is 11.3 Å². The first-order valence-corrected chi connectivity index (χ1v) is 10.9. The average Bonchev–Trinajstić information content (AvgIpc) is 3.20. The minimum absolute atomic E-state index is 0.0783. The van der Waals surface area contributed by atoms with E-state index in [0.717, 1.165) is 34.5 Å². The fourth-order valence-electron chi connectivity index (χ4n) is 3.29. The molecule has 0 aliphatic heterocycles. The maximum atomic E-state index is 13.2. The molecule has 0 N–H and O–H groups in total. The van der Waals surface area contributed by atoms with Crippen LogP contribution < -0.4 is 14.4 Å². The number of fused-ring (bicyclic) bond motifs is 1. The summed E-state index contributed by atoms with van der Waals surface area (Å²) in [6.45, 7) is 1.52. The first-order valence-electron chi connectivity index (χ1n) is 10.0. The summed E-state index contributed by atoms with van der Waals surface area (Å²) in [4.78, 5) is 21.9. The molecule has 3 rings (SSSR count). The molecule has 1 amide bonds. The van der Waals surface area contributed by atoms with Crippen LogP contribution in [0, 0.1) is 0 Å². The highest BCUT2D eigenvalue weighted by molar-refractivity contribution is 7.22. The molecule has 3 aromatic rings. The molecule has 0 aliphatic rings. The van der Waals surface area contributed by atoms with Gasteiger partial charge in [-0.2, -0.15) is 0 Å². The van der Waals surface area contributed by atoms with Gasteiger partial charge in [0.05, 0.1) is 14.2 Å². The summed E-state index contributed by atoms with van der Waals surface area (Å²) in [6, 6.07) is 13.8. The van der Waals surface area contributed by atoms with Crippen LogP contribution in [0.2, 0.25) is 0 Å². The number of hydrogen-bond acceptors (Lipinski definition) is 6. The Hall–Kier alpha value is -2.64. The Labute approximate surface area is 182 Å². The Morgan fingerprint density at radius 1 is 1.00 bits per heavy atom. The number of nitrogens with zero attached hydrogens (tertiary/aromatic N) is 3.